The molecule has 1 heterocycles. The average Bonchev–Trinajstić information content (AvgIpc) is 2.42. The van der Waals surface area contributed by atoms with Crippen LogP contribution in [0.3, 0.4) is 0 Å². The molecule has 0 aliphatic carbocycles. The lowest BCUT2D eigenvalue weighted by molar-refractivity contribution is 0.317. The summed E-state index contributed by atoms with van der Waals surface area (Å²) in [6.07, 6.45) is 0. The predicted molar refractivity (Wildman–Crippen MR) is 48.2 cm³/mol. The van der Waals surface area contributed by atoms with Gasteiger partial charge in [0.2, 0.25) is 0 Å². The first kappa shape index (κ1) is 7.89. The number of hydrogen-bond donors (Lipinski definition) is 2. The van der Waals surface area contributed by atoms with E-state index in [4.69, 9.17) is 10.5 Å². The predicted octanol–water partition coefficient (Wildman–Crippen LogP) is 1.55. The molecule has 0 unspecified atom stereocenters. The second-order valence-electron chi connectivity index (χ2n) is 2.73. The van der Waals surface area contributed by atoms with Crippen molar-refractivity contribution >= 4 is 15.9 Å². The molecule has 4 heteroatoms. The van der Waals surface area contributed by atoms with E-state index in [1.165, 1.54) is 0 Å². The molecule has 0 radical (unpaired) electrons. The maximum absolute atomic E-state index is 9.37. The number of phenolic OH excluding ortho intramolecular Hbond substituents is 1. The zero-order valence-corrected chi connectivity index (χ0v) is 7.84. The van der Waals surface area contributed by atoms with E-state index in [2.05, 4.69) is 15.9 Å². The van der Waals surface area contributed by atoms with Crippen molar-refractivity contribution in [2.45, 2.75) is 6.04 Å². The number of nitrogens with two attached hydrogens (primary N) is 1. The Labute approximate surface area is 78.3 Å². The summed E-state index contributed by atoms with van der Waals surface area (Å²) in [5.41, 5.74) is 6.61. The molecule has 0 bridgehead atoms. The molecule has 12 heavy (non-hydrogen) atoms. The summed E-state index contributed by atoms with van der Waals surface area (Å²) >= 11 is 3.35. The summed E-state index contributed by atoms with van der Waals surface area (Å²) in [5, 5.41) is 9.37. The molecular formula is C8H8BrNO2. The Morgan fingerprint density at radius 2 is 2.33 bits per heavy atom. The second-order valence-corrected chi connectivity index (χ2v) is 3.58. The molecule has 1 atom stereocenters. The van der Waals surface area contributed by atoms with Crippen LogP contribution in [0.15, 0.2) is 16.6 Å². The molecule has 2 rings (SSSR count). The maximum Gasteiger partial charge on any atom is 0.167 e. The quantitative estimate of drug-likeness (QED) is 0.710. The van der Waals surface area contributed by atoms with Crippen molar-refractivity contribution < 1.29 is 9.84 Å². The second kappa shape index (κ2) is 2.64. The highest BCUT2D eigenvalue weighted by Gasteiger charge is 2.25. The van der Waals surface area contributed by atoms with Crippen molar-refractivity contribution in [2.75, 3.05) is 6.61 Å². The summed E-state index contributed by atoms with van der Waals surface area (Å²) in [7, 11) is 0. The van der Waals surface area contributed by atoms with E-state index < -0.39 is 0 Å². The first-order valence-electron chi connectivity index (χ1n) is 3.60. The third-order valence-corrected chi connectivity index (χ3v) is 2.59. The number of halogens is 1. The van der Waals surface area contributed by atoms with Crippen molar-refractivity contribution in [2.24, 2.45) is 5.73 Å². The fraction of sp³-hybridized carbons (Fsp3) is 0.250. The van der Waals surface area contributed by atoms with Crippen LogP contribution in [-0.2, 0) is 0 Å². The van der Waals surface area contributed by atoms with Crippen LogP contribution in [0.1, 0.15) is 11.6 Å². The van der Waals surface area contributed by atoms with Crippen molar-refractivity contribution in [1.29, 1.82) is 0 Å². The third-order valence-electron chi connectivity index (χ3n) is 1.90. The first-order valence-corrected chi connectivity index (χ1v) is 4.39. The molecule has 0 spiro atoms. The fourth-order valence-corrected chi connectivity index (χ4v) is 1.92. The van der Waals surface area contributed by atoms with E-state index in [0.29, 0.717) is 12.4 Å². The average molecular weight is 230 g/mol. The summed E-state index contributed by atoms with van der Waals surface area (Å²) in [5.74, 6) is 0.665. The highest BCUT2D eigenvalue weighted by atomic mass is 79.9. The summed E-state index contributed by atoms with van der Waals surface area (Å²) in [4.78, 5) is 0. The summed E-state index contributed by atoms with van der Waals surface area (Å²) < 4.78 is 6.11. The SMILES string of the molecule is N[C@@H]1COc2c(O)ccc(Br)c21. The third kappa shape index (κ3) is 0.990. The fourth-order valence-electron chi connectivity index (χ4n) is 1.32. The van der Waals surface area contributed by atoms with Crippen LogP contribution in [0.2, 0.25) is 0 Å². The zero-order chi connectivity index (χ0) is 8.72. The topological polar surface area (TPSA) is 55.5 Å². The van der Waals surface area contributed by atoms with Crippen LogP contribution in [0.5, 0.6) is 11.5 Å². The van der Waals surface area contributed by atoms with E-state index >= 15 is 0 Å². The van der Waals surface area contributed by atoms with Gasteiger partial charge in [0.25, 0.3) is 0 Å². The van der Waals surface area contributed by atoms with E-state index in [-0.39, 0.29) is 11.8 Å². The molecule has 3 N–H and O–H groups in total. The van der Waals surface area contributed by atoms with Gasteiger partial charge in [-0.25, -0.2) is 0 Å². The van der Waals surface area contributed by atoms with Gasteiger partial charge in [-0.3, -0.25) is 0 Å². The van der Waals surface area contributed by atoms with Gasteiger partial charge in [-0.15, -0.1) is 0 Å². The number of fused-ring (bicyclic) bond motifs is 1. The molecule has 1 aliphatic rings. The summed E-state index contributed by atoms with van der Waals surface area (Å²) in [6, 6.07) is 3.21. The highest BCUT2D eigenvalue weighted by Crippen LogP contribution is 2.42. The number of aromatic hydroxyl groups is 1. The highest BCUT2D eigenvalue weighted by molar-refractivity contribution is 9.10. The maximum atomic E-state index is 9.37. The zero-order valence-electron chi connectivity index (χ0n) is 6.25. The van der Waals surface area contributed by atoms with Crippen molar-refractivity contribution in [3.63, 3.8) is 0 Å². The largest absolute Gasteiger partial charge is 0.504 e. The van der Waals surface area contributed by atoms with Gasteiger partial charge in [-0.2, -0.15) is 0 Å². The van der Waals surface area contributed by atoms with Crippen LogP contribution >= 0.6 is 15.9 Å². The van der Waals surface area contributed by atoms with Crippen LogP contribution in [0.4, 0.5) is 0 Å². The Hall–Kier alpha value is -0.740. The molecule has 1 aromatic rings. The van der Waals surface area contributed by atoms with E-state index in [0.717, 1.165) is 10.0 Å². The van der Waals surface area contributed by atoms with Gasteiger partial charge in [0, 0.05) is 10.0 Å². The van der Waals surface area contributed by atoms with Gasteiger partial charge < -0.3 is 15.6 Å². The van der Waals surface area contributed by atoms with E-state index in [1.54, 1.807) is 12.1 Å². The monoisotopic (exact) mass is 229 g/mol. The molecule has 0 saturated heterocycles. The Balaban J connectivity index is 2.64. The van der Waals surface area contributed by atoms with E-state index in [1.807, 2.05) is 0 Å². The number of rotatable bonds is 0. The van der Waals surface area contributed by atoms with Crippen molar-refractivity contribution in [1.82, 2.24) is 0 Å². The number of ether oxygens (including phenoxy) is 1. The smallest absolute Gasteiger partial charge is 0.167 e. The lowest BCUT2D eigenvalue weighted by atomic mass is 10.1. The number of phenols is 1. The molecular weight excluding hydrogens is 222 g/mol. The Morgan fingerprint density at radius 1 is 1.58 bits per heavy atom. The van der Waals surface area contributed by atoms with Crippen LogP contribution in [-0.4, -0.2) is 11.7 Å². The van der Waals surface area contributed by atoms with Gasteiger partial charge in [0.05, 0.1) is 6.04 Å². The van der Waals surface area contributed by atoms with Gasteiger partial charge in [0.1, 0.15) is 6.61 Å². The van der Waals surface area contributed by atoms with Gasteiger partial charge in [-0.1, -0.05) is 15.9 Å². The molecule has 3 nitrogen and oxygen atoms in total. The Morgan fingerprint density at radius 3 is 3.00 bits per heavy atom. The van der Waals surface area contributed by atoms with Gasteiger partial charge in [0.15, 0.2) is 11.5 Å². The van der Waals surface area contributed by atoms with Gasteiger partial charge >= 0.3 is 0 Å². The minimum Gasteiger partial charge on any atom is -0.504 e. The molecule has 0 amide bonds. The molecule has 0 aromatic heterocycles. The van der Waals surface area contributed by atoms with E-state index in [9.17, 15) is 5.11 Å². The number of hydrogen-bond acceptors (Lipinski definition) is 3. The molecule has 0 fully saturated rings. The summed E-state index contributed by atoms with van der Waals surface area (Å²) in [6.45, 7) is 0.436. The standard InChI is InChI=1S/C8H8BrNO2/c9-4-1-2-6(11)8-7(4)5(10)3-12-8/h1-2,5,11H,3,10H2/t5-/m1/s1. The molecule has 1 aromatic carbocycles. The minimum absolute atomic E-state index is 0.138. The molecule has 1 aliphatic heterocycles. The molecule has 64 valence electrons. The van der Waals surface area contributed by atoms with Crippen molar-refractivity contribution in [3.05, 3.63) is 22.2 Å². The van der Waals surface area contributed by atoms with Crippen molar-refractivity contribution in [3.8, 4) is 11.5 Å². The Kier molecular flexibility index (Phi) is 1.73. The lowest BCUT2D eigenvalue weighted by Crippen LogP contribution is -2.11. The van der Waals surface area contributed by atoms with Crippen LogP contribution < -0.4 is 10.5 Å². The lowest BCUT2D eigenvalue weighted by Gasteiger charge is -2.04. The Bertz CT molecular complexity index is 327. The normalized spacial score (nSPS) is 20.3. The van der Waals surface area contributed by atoms with Gasteiger partial charge in [-0.05, 0) is 12.1 Å². The van der Waals surface area contributed by atoms with Crippen LogP contribution in [0.25, 0.3) is 0 Å². The first-order chi connectivity index (χ1) is 5.70. The number of benzene rings is 1. The minimum atomic E-state index is -0.138. The van der Waals surface area contributed by atoms with Crippen LogP contribution in [0, 0.1) is 0 Å². The molecule has 0 saturated carbocycles.